The standard InChI is InChI=1S/C24H27N3O6/c1-15(16-5-3-2-4-6-16)25-23(29)12-18-8-9-19(22(13-28)33-18)27-24(30)26-17-7-10-20-21(11-17)32-14-31-20/h2-11,15,18-19,22,28H,12-14H2,1H3,(H,25,29)(H2,26,27,30)/t15-,18-,19+,22+/m1/s1. The van der Waals surface area contributed by atoms with E-state index in [0.717, 1.165) is 5.56 Å². The predicted octanol–water partition coefficient (Wildman–Crippen LogP) is 2.49. The Bertz CT molecular complexity index is 1010. The summed E-state index contributed by atoms with van der Waals surface area (Å²) < 4.78 is 16.4. The van der Waals surface area contributed by atoms with Gasteiger partial charge in [0.15, 0.2) is 11.5 Å². The van der Waals surface area contributed by atoms with Crippen LogP contribution in [0.2, 0.25) is 0 Å². The summed E-state index contributed by atoms with van der Waals surface area (Å²) in [7, 11) is 0. The zero-order valence-corrected chi connectivity index (χ0v) is 18.2. The second-order valence-corrected chi connectivity index (χ2v) is 7.88. The maximum Gasteiger partial charge on any atom is 0.319 e. The summed E-state index contributed by atoms with van der Waals surface area (Å²) in [5, 5.41) is 18.2. The zero-order chi connectivity index (χ0) is 23.2. The van der Waals surface area contributed by atoms with Crippen LogP contribution in [-0.4, -0.2) is 48.7 Å². The van der Waals surface area contributed by atoms with E-state index < -0.39 is 24.3 Å². The third-order valence-electron chi connectivity index (χ3n) is 5.46. The van der Waals surface area contributed by atoms with Gasteiger partial charge in [-0.05, 0) is 24.6 Å². The number of urea groups is 1. The van der Waals surface area contributed by atoms with Crippen molar-refractivity contribution in [2.24, 2.45) is 0 Å². The first-order chi connectivity index (χ1) is 16.0. The van der Waals surface area contributed by atoms with Gasteiger partial charge in [-0.2, -0.15) is 0 Å². The molecule has 9 heteroatoms. The summed E-state index contributed by atoms with van der Waals surface area (Å²) in [5.41, 5.74) is 1.55. The number of carbonyl (C=O) groups excluding carboxylic acids is 2. The lowest BCUT2D eigenvalue weighted by Gasteiger charge is -2.31. The summed E-state index contributed by atoms with van der Waals surface area (Å²) in [4.78, 5) is 24.9. The molecule has 2 aromatic rings. The molecule has 9 nitrogen and oxygen atoms in total. The Labute approximate surface area is 191 Å². The van der Waals surface area contributed by atoms with Crippen molar-refractivity contribution in [2.45, 2.75) is 37.6 Å². The van der Waals surface area contributed by atoms with Gasteiger partial charge >= 0.3 is 6.03 Å². The lowest BCUT2D eigenvalue weighted by molar-refractivity contribution is -0.125. The Morgan fingerprint density at radius 3 is 2.67 bits per heavy atom. The summed E-state index contributed by atoms with van der Waals surface area (Å²) >= 11 is 0. The van der Waals surface area contributed by atoms with Gasteiger partial charge in [-0.1, -0.05) is 42.5 Å². The van der Waals surface area contributed by atoms with Crippen LogP contribution in [0, 0.1) is 0 Å². The number of ether oxygens (including phenoxy) is 3. The van der Waals surface area contributed by atoms with Crippen LogP contribution in [0.15, 0.2) is 60.7 Å². The maximum atomic E-state index is 12.4. The SMILES string of the molecule is C[C@@H](NC(=O)C[C@H]1C=C[C@H](NC(=O)Nc2ccc3c(c2)OCO3)[C@H](CO)O1)c1ccccc1. The number of rotatable bonds is 7. The number of hydrogen-bond acceptors (Lipinski definition) is 6. The van der Waals surface area contributed by atoms with E-state index in [1.165, 1.54) is 0 Å². The maximum absolute atomic E-state index is 12.4. The second-order valence-electron chi connectivity index (χ2n) is 7.88. The summed E-state index contributed by atoms with van der Waals surface area (Å²) in [6.07, 6.45) is 2.40. The molecule has 4 N–H and O–H groups in total. The van der Waals surface area contributed by atoms with Gasteiger partial charge in [0.25, 0.3) is 0 Å². The first-order valence-corrected chi connectivity index (χ1v) is 10.8. The number of hydrogen-bond donors (Lipinski definition) is 4. The highest BCUT2D eigenvalue weighted by Crippen LogP contribution is 2.34. The van der Waals surface area contributed by atoms with Crippen molar-refractivity contribution in [1.82, 2.24) is 10.6 Å². The van der Waals surface area contributed by atoms with E-state index in [4.69, 9.17) is 14.2 Å². The number of aliphatic hydroxyl groups excluding tert-OH is 1. The molecular weight excluding hydrogens is 426 g/mol. The molecule has 174 valence electrons. The molecule has 0 bridgehead atoms. The van der Waals surface area contributed by atoms with Crippen molar-refractivity contribution >= 4 is 17.6 Å². The first kappa shape index (κ1) is 22.6. The Morgan fingerprint density at radius 1 is 1.09 bits per heavy atom. The number of anilines is 1. The molecule has 0 saturated heterocycles. The van der Waals surface area contributed by atoms with Gasteiger partial charge in [0, 0.05) is 11.8 Å². The highest BCUT2D eigenvalue weighted by atomic mass is 16.7. The number of benzene rings is 2. The fourth-order valence-electron chi connectivity index (χ4n) is 3.74. The molecule has 2 aliphatic heterocycles. The molecule has 3 amide bonds. The molecule has 4 rings (SSSR count). The minimum atomic E-state index is -0.679. The van der Waals surface area contributed by atoms with Crippen molar-refractivity contribution in [3.05, 3.63) is 66.2 Å². The van der Waals surface area contributed by atoms with E-state index in [1.807, 2.05) is 37.3 Å². The molecule has 0 spiro atoms. The van der Waals surface area contributed by atoms with Crippen LogP contribution in [0.5, 0.6) is 11.5 Å². The lowest BCUT2D eigenvalue weighted by Crippen LogP contribution is -2.50. The van der Waals surface area contributed by atoms with Crippen LogP contribution < -0.4 is 25.4 Å². The number of fused-ring (bicyclic) bond motifs is 1. The second kappa shape index (κ2) is 10.4. The zero-order valence-electron chi connectivity index (χ0n) is 18.2. The van der Waals surface area contributed by atoms with Crippen LogP contribution in [-0.2, 0) is 9.53 Å². The van der Waals surface area contributed by atoms with Crippen LogP contribution in [0.4, 0.5) is 10.5 Å². The van der Waals surface area contributed by atoms with Crippen molar-refractivity contribution in [2.75, 3.05) is 18.7 Å². The molecule has 0 saturated carbocycles. The van der Waals surface area contributed by atoms with Gasteiger partial charge in [0.05, 0.1) is 31.2 Å². The van der Waals surface area contributed by atoms with Crippen molar-refractivity contribution in [3.63, 3.8) is 0 Å². The normalized spacial score (nSPS) is 21.8. The topological polar surface area (TPSA) is 118 Å². The van der Waals surface area contributed by atoms with Crippen LogP contribution in [0.1, 0.15) is 24.9 Å². The number of aliphatic hydroxyl groups is 1. The number of amides is 3. The molecule has 0 aliphatic carbocycles. The van der Waals surface area contributed by atoms with Gasteiger partial charge in [-0.25, -0.2) is 4.79 Å². The summed E-state index contributed by atoms with van der Waals surface area (Å²) in [6.45, 7) is 1.76. The third-order valence-corrected chi connectivity index (χ3v) is 5.46. The largest absolute Gasteiger partial charge is 0.454 e. The van der Waals surface area contributed by atoms with Gasteiger partial charge in [-0.3, -0.25) is 4.79 Å². The predicted molar refractivity (Wildman–Crippen MR) is 121 cm³/mol. The first-order valence-electron chi connectivity index (χ1n) is 10.8. The molecule has 0 radical (unpaired) electrons. The molecule has 0 aromatic heterocycles. The van der Waals surface area contributed by atoms with Gasteiger partial charge < -0.3 is 35.3 Å². The molecular formula is C24H27N3O6. The monoisotopic (exact) mass is 453 g/mol. The van der Waals surface area contributed by atoms with Crippen LogP contribution >= 0.6 is 0 Å². The summed E-state index contributed by atoms with van der Waals surface area (Å²) in [6, 6.07) is 13.6. The Morgan fingerprint density at radius 2 is 1.88 bits per heavy atom. The van der Waals surface area contributed by atoms with E-state index in [1.54, 1.807) is 30.4 Å². The molecule has 2 aromatic carbocycles. The Balaban J connectivity index is 1.29. The average molecular weight is 453 g/mol. The molecule has 33 heavy (non-hydrogen) atoms. The molecule has 0 fully saturated rings. The van der Waals surface area contributed by atoms with Crippen LogP contribution in [0.3, 0.4) is 0 Å². The van der Waals surface area contributed by atoms with Gasteiger partial charge in [0.2, 0.25) is 12.7 Å². The minimum Gasteiger partial charge on any atom is -0.454 e. The number of nitrogens with one attached hydrogen (secondary N) is 3. The van der Waals surface area contributed by atoms with Crippen molar-refractivity contribution in [3.8, 4) is 11.5 Å². The van der Waals surface area contributed by atoms with E-state index in [0.29, 0.717) is 17.2 Å². The number of carbonyl (C=O) groups is 2. The summed E-state index contributed by atoms with van der Waals surface area (Å²) in [5.74, 6) is 1.02. The van der Waals surface area contributed by atoms with E-state index >= 15 is 0 Å². The molecule has 2 heterocycles. The smallest absolute Gasteiger partial charge is 0.319 e. The quantitative estimate of drug-likeness (QED) is 0.479. The third kappa shape index (κ3) is 5.82. The Hall–Kier alpha value is -3.56. The van der Waals surface area contributed by atoms with Crippen molar-refractivity contribution < 1.29 is 28.9 Å². The van der Waals surface area contributed by atoms with E-state index in [9.17, 15) is 14.7 Å². The Kier molecular flexibility index (Phi) is 7.11. The highest BCUT2D eigenvalue weighted by Gasteiger charge is 2.29. The fourth-order valence-corrected chi connectivity index (χ4v) is 3.74. The molecule has 2 aliphatic rings. The van der Waals surface area contributed by atoms with E-state index in [2.05, 4.69) is 16.0 Å². The minimum absolute atomic E-state index is 0.111. The average Bonchev–Trinajstić information content (AvgIpc) is 3.28. The van der Waals surface area contributed by atoms with Gasteiger partial charge in [-0.15, -0.1) is 0 Å². The van der Waals surface area contributed by atoms with Crippen LogP contribution in [0.25, 0.3) is 0 Å². The molecule has 0 unspecified atom stereocenters. The molecule has 4 atom stereocenters. The fraction of sp³-hybridized carbons (Fsp3) is 0.333. The van der Waals surface area contributed by atoms with Crippen molar-refractivity contribution in [1.29, 1.82) is 0 Å². The van der Waals surface area contributed by atoms with E-state index in [-0.39, 0.29) is 31.8 Å². The van der Waals surface area contributed by atoms with Gasteiger partial charge in [0.1, 0.15) is 6.10 Å². The lowest BCUT2D eigenvalue weighted by atomic mass is 10.0. The highest BCUT2D eigenvalue weighted by molar-refractivity contribution is 5.90.